The van der Waals surface area contributed by atoms with E-state index in [9.17, 15) is 18.0 Å². The van der Waals surface area contributed by atoms with Crippen molar-refractivity contribution in [3.8, 4) is 0 Å². The van der Waals surface area contributed by atoms with Gasteiger partial charge in [-0.2, -0.15) is 4.98 Å². The van der Waals surface area contributed by atoms with Crippen LogP contribution in [-0.4, -0.2) is 75.5 Å². The Kier molecular flexibility index (Phi) is 5.64. The number of hydrogen-bond acceptors (Lipinski definition) is 8. The number of aryl methyl sites for hydroxylation is 2. The molecule has 1 fully saturated rings. The number of hydrogen-bond donors (Lipinski definition) is 0. The SMILES string of the molecule is CCCN(C(=O)COC(=O)c1nc2nc(C)cc(C)n2n1)C1CCS(=O)(=O)C1. The Morgan fingerprint density at radius 1 is 1.32 bits per heavy atom. The average molecular weight is 409 g/mol. The van der Waals surface area contributed by atoms with E-state index >= 15 is 0 Å². The van der Waals surface area contributed by atoms with Crippen LogP contribution >= 0.6 is 0 Å². The second-order valence-electron chi connectivity index (χ2n) is 6.91. The Morgan fingerprint density at radius 3 is 2.71 bits per heavy atom. The summed E-state index contributed by atoms with van der Waals surface area (Å²) in [6.45, 7) is 5.44. The van der Waals surface area contributed by atoms with Crippen molar-refractivity contribution >= 4 is 27.5 Å². The summed E-state index contributed by atoms with van der Waals surface area (Å²) >= 11 is 0. The van der Waals surface area contributed by atoms with Crippen LogP contribution < -0.4 is 0 Å². The minimum absolute atomic E-state index is 0.0506. The fourth-order valence-electron chi connectivity index (χ4n) is 3.30. The molecule has 10 nitrogen and oxygen atoms in total. The molecule has 2 aromatic rings. The number of ether oxygens (including phenoxy) is 1. The molecule has 0 aliphatic carbocycles. The third kappa shape index (κ3) is 4.29. The fourth-order valence-corrected chi connectivity index (χ4v) is 5.03. The van der Waals surface area contributed by atoms with Crippen LogP contribution in [0.5, 0.6) is 0 Å². The second kappa shape index (κ2) is 7.82. The highest BCUT2D eigenvalue weighted by atomic mass is 32.2. The summed E-state index contributed by atoms with van der Waals surface area (Å²) in [4.78, 5) is 34.5. The molecule has 0 bridgehead atoms. The predicted molar refractivity (Wildman–Crippen MR) is 99.6 cm³/mol. The molecular formula is C17H23N5O5S. The monoisotopic (exact) mass is 409 g/mol. The highest BCUT2D eigenvalue weighted by Crippen LogP contribution is 2.18. The highest BCUT2D eigenvalue weighted by molar-refractivity contribution is 7.91. The Bertz CT molecular complexity index is 1020. The molecule has 1 unspecified atom stereocenters. The number of sulfone groups is 1. The quantitative estimate of drug-likeness (QED) is 0.625. The minimum Gasteiger partial charge on any atom is -0.450 e. The summed E-state index contributed by atoms with van der Waals surface area (Å²) in [5.41, 5.74) is 1.51. The second-order valence-corrected chi connectivity index (χ2v) is 9.13. The Morgan fingerprint density at radius 2 is 2.07 bits per heavy atom. The van der Waals surface area contributed by atoms with Crippen molar-refractivity contribution in [2.24, 2.45) is 0 Å². The summed E-state index contributed by atoms with van der Waals surface area (Å²) in [5.74, 6) is -1.14. The number of aromatic nitrogens is 4. The topological polar surface area (TPSA) is 124 Å². The van der Waals surface area contributed by atoms with Gasteiger partial charge in [-0.05, 0) is 32.8 Å². The van der Waals surface area contributed by atoms with Crippen LogP contribution in [0.25, 0.3) is 5.78 Å². The van der Waals surface area contributed by atoms with Gasteiger partial charge in [0.2, 0.25) is 0 Å². The first-order chi connectivity index (χ1) is 13.2. The third-order valence-electron chi connectivity index (χ3n) is 4.56. The van der Waals surface area contributed by atoms with Gasteiger partial charge in [-0.1, -0.05) is 6.92 Å². The van der Waals surface area contributed by atoms with E-state index in [4.69, 9.17) is 4.74 Å². The molecule has 3 heterocycles. The van der Waals surface area contributed by atoms with Gasteiger partial charge < -0.3 is 9.64 Å². The molecule has 2 aromatic heterocycles. The van der Waals surface area contributed by atoms with Crippen LogP contribution in [0.4, 0.5) is 0 Å². The smallest absolute Gasteiger partial charge is 0.378 e. The molecule has 0 radical (unpaired) electrons. The van der Waals surface area contributed by atoms with E-state index in [1.54, 1.807) is 6.07 Å². The van der Waals surface area contributed by atoms with Crippen molar-refractivity contribution < 1.29 is 22.7 Å². The third-order valence-corrected chi connectivity index (χ3v) is 6.31. The molecule has 1 atom stereocenters. The Balaban J connectivity index is 1.67. The Labute approximate surface area is 162 Å². The summed E-state index contributed by atoms with van der Waals surface area (Å²) < 4.78 is 29.9. The van der Waals surface area contributed by atoms with Gasteiger partial charge in [0.25, 0.3) is 17.5 Å². The van der Waals surface area contributed by atoms with E-state index in [2.05, 4.69) is 15.1 Å². The van der Waals surface area contributed by atoms with Gasteiger partial charge >= 0.3 is 5.97 Å². The molecule has 1 aliphatic heterocycles. The maximum Gasteiger partial charge on any atom is 0.378 e. The molecule has 1 saturated heterocycles. The van der Waals surface area contributed by atoms with E-state index in [1.807, 2.05) is 20.8 Å². The summed E-state index contributed by atoms with van der Waals surface area (Å²) in [6, 6.07) is 1.43. The molecular weight excluding hydrogens is 386 g/mol. The summed E-state index contributed by atoms with van der Waals surface area (Å²) in [6.07, 6.45) is 1.08. The fraction of sp³-hybridized carbons (Fsp3) is 0.588. The van der Waals surface area contributed by atoms with Gasteiger partial charge in [-0.25, -0.2) is 22.7 Å². The van der Waals surface area contributed by atoms with Gasteiger partial charge in [-0.3, -0.25) is 4.79 Å². The zero-order valence-corrected chi connectivity index (χ0v) is 16.9. The molecule has 0 spiro atoms. The van der Waals surface area contributed by atoms with E-state index in [1.165, 1.54) is 9.42 Å². The van der Waals surface area contributed by atoms with Gasteiger partial charge in [-0.15, -0.1) is 5.10 Å². The zero-order valence-electron chi connectivity index (χ0n) is 16.1. The number of amides is 1. The molecule has 28 heavy (non-hydrogen) atoms. The maximum absolute atomic E-state index is 12.5. The van der Waals surface area contributed by atoms with Crippen molar-refractivity contribution in [3.05, 3.63) is 23.3 Å². The van der Waals surface area contributed by atoms with Crippen LogP contribution in [0.2, 0.25) is 0 Å². The highest BCUT2D eigenvalue weighted by Gasteiger charge is 2.34. The summed E-state index contributed by atoms with van der Waals surface area (Å²) in [5, 5.41) is 4.07. The molecule has 0 saturated carbocycles. The van der Waals surface area contributed by atoms with E-state index in [0.29, 0.717) is 19.4 Å². The molecule has 3 rings (SSSR count). The van der Waals surface area contributed by atoms with Crippen LogP contribution in [-0.2, 0) is 19.4 Å². The van der Waals surface area contributed by atoms with Crippen molar-refractivity contribution in [2.45, 2.75) is 39.7 Å². The van der Waals surface area contributed by atoms with Gasteiger partial charge in [0, 0.05) is 24.0 Å². The zero-order chi connectivity index (χ0) is 20.5. The van der Waals surface area contributed by atoms with Gasteiger partial charge in [0.15, 0.2) is 16.4 Å². The lowest BCUT2D eigenvalue weighted by Crippen LogP contribution is -2.43. The predicted octanol–water partition coefficient (Wildman–Crippen LogP) is 0.324. The van der Waals surface area contributed by atoms with Crippen molar-refractivity contribution in [2.75, 3.05) is 24.7 Å². The van der Waals surface area contributed by atoms with Crippen molar-refractivity contribution in [1.82, 2.24) is 24.5 Å². The Hall–Kier alpha value is -2.56. The largest absolute Gasteiger partial charge is 0.450 e. The number of carbonyl (C=O) groups is 2. The molecule has 0 N–H and O–H groups in total. The van der Waals surface area contributed by atoms with Crippen molar-refractivity contribution in [3.63, 3.8) is 0 Å². The first-order valence-corrected chi connectivity index (χ1v) is 10.9. The maximum atomic E-state index is 12.5. The van der Waals surface area contributed by atoms with Crippen molar-refractivity contribution in [1.29, 1.82) is 0 Å². The normalized spacial score (nSPS) is 18.3. The van der Waals surface area contributed by atoms with E-state index < -0.39 is 28.3 Å². The molecule has 1 aliphatic rings. The van der Waals surface area contributed by atoms with E-state index in [-0.39, 0.29) is 29.1 Å². The number of esters is 1. The lowest BCUT2D eigenvalue weighted by Gasteiger charge is -2.27. The van der Waals surface area contributed by atoms with Crippen LogP contribution in [0.1, 0.15) is 41.8 Å². The molecule has 11 heteroatoms. The standard InChI is InChI=1S/C17H23N5O5S/c1-4-6-21(13-5-7-28(25,26)10-13)14(23)9-27-16(24)15-19-17-18-11(2)8-12(3)22(17)20-15/h8,13H,4-7,9-10H2,1-3H3. The number of nitrogens with zero attached hydrogens (tertiary/aromatic N) is 5. The lowest BCUT2D eigenvalue weighted by atomic mass is 10.2. The molecule has 152 valence electrons. The van der Waals surface area contributed by atoms with Gasteiger partial charge in [0.1, 0.15) is 0 Å². The lowest BCUT2D eigenvalue weighted by molar-refractivity contribution is -0.136. The number of rotatable bonds is 6. The van der Waals surface area contributed by atoms with Crippen LogP contribution in [0.3, 0.4) is 0 Å². The van der Waals surface area contributed by atoms with Gasteiger partial charge in [0.05, 0.1) is 11.5 Å². The van der Waals surface area contributed by atoms with E-state index in [0.717, 1.165) is 11.4 Å². The first kappa shape index (κ1) is 20.2. The number of fused-ring (bicyclic) bond motifs is 1. The summed E-state index contributed by atoms with van der Waals surface area (Å²) in [7, 11) is -3.12. The molecule has 1 amide bonds. The van der Waals surface area contributed by atoms with Crippen LogP contribution in [0.15, 0.2) is 6.07 Å². The first-order valence-electron chi connectivity index (χ1n) is 9.08. The van der Waals surface area contributed by atoms with Crippen LogP contribution in [0, 0.1) is 13.8 Å². The minimum atomic E-state index is -3.12. The average Bonchev–Trinajstić information content (AvgIpc) is 3.20. The molecule has 0 aromatic carbocycles. The number of carbonyl (C=O) groups excluding carboxylic acids is 2.